The maximum Gasteiger partial charge on any atom is 0.509 e. The number of hydrogen-bond donors (Lipinski definition) is 0. The molecule has 0 atom stereocenters. The molecule has 0 aliphatic carbocycles. The van der Waals surface area contributed by atoms with Crippen LogP contribution in [-0.2, 0) is 9.47 Å². The van der Waals surface area contributed by atoms with E-state index in [0.29, 0.717) is 37.1 Å². The molecule has 4 rings (SSSR count). The first-order chi connectivity index (χ1) is 15.7. The lowest BCUT2D eigenvalue weighted by atomic mass is 10.1. The van der Waals surface area contributed by atoms with Gasteiger partial charge in [0.05, 0.1) is 22.9 Å². The SMILES string of the molecule is CC(C)(C)OC(=O)OC1CCN(C(=O)c2ccc3nc(-c4ccc(C#N)cc4)cn3c2)CC1. The van der Waals surface area contributed by atoms with Gasteiger partial charge < -0.3 is 18.8 Å². The molecule has 1 saturated heterocycles. The molecule has 8 heteroatoms. The number of nitriles is 1. The van der Waals surface area contributed by atoms with Crippen molar-refractivity contribution in [2.45, 2.75) is 45.3 Å². The Bertz CT molecular complexity index is 1210. The number of rotatable bonds is 3. The van der Waals surface area contributed by atoms with Crippen molar-refractivity contribution in [3.63, 3.8) is 0 Å². The van der Waals surface area contributed by atoms with Gasteiger partial charge in [-0.3, -0.25) is 4.79 Å². The Balaban J connectivity index is 1.40. The second kappa shape index (κ2) is 8.94. The third-order valence-electron chi connectivity index (χ3n) is 5.39. The molecule has 0 bridgehead atoms. The number of imidazole rings is 1. The van der Waals surface area contributed by atoms with Crippen LogP contribution in [0.2, 0.25) is 0 Å². The van der Waals surface area contributed by atoms with Crippen LogP contribution >= 0.6 is 0 Å². The standard InChI is InChI=1S/C25H26N4O4/c1-25(2,3)33-24(31)32-20-10-12-28(13-11-20)23(30)19-8-9-22-27-21(16-29(22)15-19)18-6-4-17(14-26)5-7-18/h4-9,15-16,20H,10-13H2,1-3H3. The number of piperidine rings is 1. The quantitative estimate of drug-likeness (QED) is 0.552. The van der Waals surface area contributed by atoms with E-state index >= 15 is 0 Å². The molecular weight excluding hydrogens is 420 g/mol. The Kier molecular flexibility index (Phi) is 6.05. The van der Waals surface area contributed by atoms with Gasteiger partial charge in [0.1, 0.15) is 17.4 Å². The first-order valence-electron chi connectivity index (χ1n) is 10.9. The fourth-order valence-electron chi connectivity index (χ4n) is 3.74. The van der Waals surface area contributed by atoms with E-state index in [0.717, 1.165) is 16.9 Å². The van der Waals surface area contributed by atoms with E-state index in [4.69, 9.17) is 14.7 Å². The first-order valence-corrected chi connectivity index (χ1v) is 10.9. The van der Waals surface area contributed by atoms with Crippen molar-refractivity contribution in [3.8, 4) is 17.3 Å². The Labute approximate surface area is 192 Å². The molecule has 33 heavy (non-hydrogen) atoms. The molecule has 0 spiro atoms. The highest BCUT2D eigenvalue weighted by molar-refractivity contribution is 5.94. The zero-order valence-corrected chi connectivity index (χ0v) is 18.9. The number of amides is 1. The van der Waals surface area contributed by atoms with E-state index < -0.39 is 11.8 Å². The van der Waals surface area contributed by atoms with Crippen LogP contribution in [0.15, 0.2) is 48.8 Å². The molecule has 1 aromatic carbocycles. The van der Waals surface area contributed by atoms with Crippen molar-refractivity contribution < 1.29 is 19.1 Å². The van der Waals surface area contributed by atoms with E-state index in [2.05, 4.69) is 11.1 Å². The van der Waals surface area contributed by atoms with Crippen LogP contribution < -0.4 is 0 Å². The van der Waals surface area contributed by atoms with Crippen LogP contribution in [0, 0.1) is 11.3 Å². The molecule has 3 aromatic rings. The Morgan fingerprint density at radius 3 is 2.39 bits per heavy atom. The maximum atomic E-state index is 13.0. The fourth-order valence-corrected chi connectivity index (χ4v) is 3.74. The van der Waals surface area contributed by atoms with E-state index in [1.807, 2.05) is 28.8 Å². The Hall–Kier alpha value is -3.86. The molecule has 8 nitrogen and oxygen atoms in total. The largest absolute Gasteiger partial charge is 0.509 e. The second-order valence-electron chi connectivity index (χ2n) is 9.07. The summed E-state index contributed by atoms with van der Waals surface area (Å²) in [6.07, 6.45) is 3.86. The predicted molar refractivity (Wildman–Crippen MR) is 122 cm³/mol. The monoisotopic (exact) mass is 446 g/mol. The predicted octanol–water partition coefficient (Wildman–Crippen LogP) is 4.43. The van der Waals surface area contributed by atoms with Gasteiger partial charge in [-0.25, -0.2) is 9.78 Å². The van der Waals surface area contributed by atoms with E-state index in [-0.39, 0.29) is 12.0 Å². The minimum absolute atomic E-state index is 0.0683. The van der Waals surface area contributed by atoms with E-state index in [1.54, 1.807) is 50.1 Å². The smallest absolute Gasteiger partial charge is 0.431 e. The van der Waals surface area contributed by atoms with Crippen molar-refractivity contribution >= 4 is 17.7 Å². The summed E-state index contributed by atoms with van der Waals surface area (Å²) in [6.45, 7) is 6.38. The Morgan fingerprint density at radius 2 is 1.76 bits per heavy atom. The number of carbonyl (C=O) groups excluding carboxylic acids is 2. The molecule has 3 heterocycles. The molecule has 0 N–H and O–H groups in total. The van der Waals surface area contributed by atoms with E-state index in [1.165, 1.54) is 0 Å². The number of carbonyl (C=O) groups is 2. The van der Waals surface area contributed by atoms with Gasteiger partial charge in [-0.1, -0.05) is 12.1 Å². The van der Waals surface area contributed by atoms with Gasteiger partial charge in [0.15, 0.2) is 0 Å². The van der Waals surface area contributed by atoms with Gasteiger partial charge in [0.2, 0.25) is 0 Å². The summed E-state index contributed by atoms with van der Waals surface area (Å²) >= 11 is 0. The Morgan fingerprint density at radius 1 is 1.06 bits per heavy atom. The lowest BCUT2D eigenvalue weighted by Crippen LogP contribution is -2.42. The third-order valence-corrected chi connectivity index (χ3v) is 5.39. The van der Waals surface area contributed by atoms with E-state index in [9.17, 15) is 9.59 Å². The number of ether oxygens (including phenoxy) is 2. The summed E-state index contributed by atoms with van der Waals surface area (Å²) in [5, 5.41) is 8.96. The minimum atomic E-state index is -0.670. The van der Waals surface area contributed by atoms with Crippen LogP contribution in [-0.4, -0.2) is 51.1 Å². The van der Waals surface area contributed by atoms with Gasteiger partial charge in [-0.2, -0.15) is 5.26 Å². The van der Waals surface area contributed by atoms with Gasteiger partial charge in [0, 0.05) is 43.9 Å². The molecule has 0 unspecified atom stereocenters. The normalized spacial score (nSPS) is 14.7. The minimum Gasteiger partial charge on any atom is -0.431 e. The average molecular weight is 447 g/mol. The summed E-state index contributed by atoms with van der Waals surface area (Å²) in [7, 11) is 0. The number of pyridine rings is 1. The number of aromatic nitrogens is 2. The topological polar surface area (TPSA) is 96.9 Å². The van der Waals surface area contributed by atoms with Gasteiger partial charge in [-0.15, -0.1) is 0 Å². The number of fused-ring (bicyclic) bond motifs is 1. The summed E-state index contributed by atoms with van der Waals surface area (Å²) in [5.74, 6) is -0.0683. The molecule has 0 radical (unpaired) electrons. The van der Waals surface area contributed by atoms with Crippen LogP contribution in [0.25, 0.3) is 16.9 Å². The van der Waals surface area contributed by atoms with Crippen LogP contribution in [0.4, 0.5) is 4.79 Å². The highest BCUT2D eigenvalue weighted by Crippen LogP contribution is 2.22. The van der Waals surface area contributed by atoms with Gasteiger partial charge in [0.25, 0.3) is 5.91 Å². The zero-order chi connectivity index (χ0) is 23.6. The summed E-state index contributed by atoms with van der Waals surface area (Å²) in [5.41, 5.74) is 2.96. The van der Waals surface area contributed by atoms with Crippen LogP contribution in [0.5, 0.6) is 0 Å². The third kappa shape index (κ3) is 5.32. The van der Waals surface area contributed by atoms with Crippen LogP contribution in [0.3, 0.4) is 0 Å². The highest BCUT2D eigenvalue weighted by atomic mass is 16.7. The molecule has 1 fully saturated rings. The van der Waals surface area contributed by atoms with Crippen LogP contribution in [0.1, 0.15) is 49.5 Å². The van der Waals surface area contributed by atoms with Crippen molar-refractivity contribution in [1.82, 2.24) is 14.3 Å². The number of benzene rings is 1. The molecule has 170 valence electrons. The van der Waals surface area contributed by atoms with Gasteiger partial charge in [-0.05, 0) is 45.0 Å². The van der Waals surface area contributed by atoms with Crippen molar-refractivity contribution in [3.05, 3.63) is 59.9 Å². The number of nitrogens with zero attached hydrogens (tertiary/aromatic N) is 4. The van der Waals surface area contributed by atoms with Crippen molar-refractivity contribution in [2.75, 3.05) is 13.1 Å². The second-order valence-corrected chi connectivity index (χ2v) is 9.07. The van der Waals surface area contributed by atoms with Crippen molar-refractivity contribution in [2.24, 2.45) is 0 Å². The fraction of sp³-hybridized carbons (Fsp3) is 0.360. The summed E-state index contributed by atoms with van der Waals surface area (Å²) in [6, 6.07) is 12.9. The van der Waals surface area contributed by atoms with Crippen molar-refractivity contribution in [1.29, 1.82) is 5.26 Å². The highest BCUT2D eigenvalue weighted by Gasteiger charge is 2.28. The molecule has 0 saturated carbocycles. The number of likely N-dealkylation sites (tertiary alicyclic amines) is 1. The molecule has 2 aromatic heterocycles. The molecule has 1 aliphatic heterocycles. The molecule has 1 amide bonds. The summed E-state index contributed by atoms with van der Waals surface area (Å²) < 4.78 is 12.4. The summed E-state index contributed by atoms with van der Waals surface area (Å²) in [4.78, 5) is 31.3. The molecule has 1 aliphatic rings. The average Bonchev–Trinajstić information content (AvgIpc) is 3.21. The zero-order valence-electron chi connectivity index (χ0n) is 18.9. The maximum absolute atomic E-state index is 13.0. The molecular formula is C25H26N4O4. The first kappa shape index (κ1) is 22.3. The number of hydrogen-bond acceptors (Lipinski definition) is 6. The van der Waals surface area contributed by atoms with Gasteiger partial charge >= 0.3 is 6.16 Å². The lowest BCUT2D eigenvalue weighted by molar-refractivity contribution is -0.0375. The lowest BCUT2D eigenvalue weighted by Gasteiger charge is -2.32.